The molecule has 2 aliphatic heterocycles. The molecular formula is C32H33N9O9S2. The van der Waals surface area contributed by atoms with Crippen LogP contribution in [0.2, 0.25) is 0 Å². The Bertz CT molecular complexity index is 2130. The molecule has 1 saturated heterocycles. The number of thiazole rings is 1. The van der Waals surface area contributed by atoms with Crippen molar-refractivity contribution in [1.29, 1.82) is 5.41 Å². The maximum atomic E-state index is 13.5. The zero-order chi connectivity index (χ0) is 37.9. The van der Waals surface area contributed by atoms with E-state index in [9.17, 15) is 29.4 Å². The highest BCUT2D eigenvalue weighted by molar-refractivity contribution is 8.00. The number of oxime groups is 1. The number of carboxylic acids is 2. The number of Topliss-reactive ketones (excluding diaryl/α,β-unsaturated/α-hetero) is 1. The van der Waals surface area contributed by atoms with Crippen LogP contribution in [0.4, 0.5) is 5.13 Å². The minimum absolute atomic E-state index is 0.00518. The lowest BCUT2D eigenvalue weighted by Crippen LogP contribution is -2.63. The first kappa shape index (κ1) is 37.2. The van der Waals surface area contributed by atoms with E-state index in [4.69, 9.17) is 31.6 Å². The van der Waals surface area contributed by atoms with Crippen LogP contribution in [0.3, 0.4) is 0 Å². The molecule has 52 heavy (non-hydrogen) atoms. The van der Waals surface area contributed by atoms with Crippen LogP contribution in [0.15, 0.2) is 70.7 Å². The number of amides is 1. The summed E-state index contributed by atoms with van der Waals surface area (Å²) >= 11 is 2.38. The molecule has 272 valence electrons. The van der Waals surface area contributed by atoms with Crippen molar-refractivity contribution in [2.24, 2.45) is 16.8 Å². The molecule has 3 aromatic heterocycles. The first-order chi connectivity index (χ1) is 24.7. The molecule has 20 heteroatoms. The second kappa shape index (κ2) is 15.1. The van der Waals surface area contributed by atoms with Crippen molar-refractivity contribution in [3.05, 3.63) is 82.4 Å². The number of anilines is 1. The fourth-order valence-electron chi connectivity index (χ4n) is 5.55. The molecule has 0 bridgehead atoms. The molecule has 18 nitrogen and oxygen atoms in total. The maximum absolute atomic E-state index is 13.5. The summed E-state index contributed by atoms with van der Waals surface area (Å²) in [5.74, 6) is -4.61. The lowest BCUT2D eigenvalue weighted by Gasteiger charge is -2.50. The van der Waals surface area contributed by atoms with E-state index < -0.39 is 40.5 Å². The number of aromatic nitrogens is 4. The number of carboxylic acid groups (broad SMARTS) is 3. The lowest BCUT2D eigenvalue weighted by molar-refractivity contribution is -0.661. The second-order valence-corrected chi connectivity index (χ2v) is 14.1. The largest absolute Gasteiger partial charge is 0.543 e. The summed E-state index contributed by atoms with van der Waals surface area (Å²) in [5.41, 5.74) is 12.1. The van der Waals surface area contributed by atoms with Gasteiger partial charge in [-0.2, -0.15) is 0 Å². The number of carbonyl (C=O) groups excluding carboxylic acids is 3. The number of nitrogens with zero attached hydrogens (tertiary/aromatic N) is 6. The summed E-state index contributed by atoms with van der Waals surface area (Å²) in [6.07, 6.45) is 5.23. The third kappa shape index (κ3) is 7.51. The number of thioether (sulfide) groups is 1. The van der Waals surface area contributed by atoms with Crippen LogP contribution in [-0.4, -0.2) is 87.7 Å². The van der Waals surface area contributed by atoms with Crippen LogP contribution in [0.5, 0.6) is 0 Å². The van der Waals surface area contributed by atoms with E-state index >= 15 is 0 Å². The first-order valence-electron chi connectivity index (χ1n) is 15.4. The van der Waals surface area contributed by atoms with Crippen molar-refractivity contribution in [2.45, 2.75) is 44.3 Å². The topological polar surface area (TPSA) is 276 Å². The minimum atomic E-state index is -1.75. The number of nitrogens with two attached hydrogens (primary N) is 2. The molecule has 2 atom stereocenters. The number of aliphatic carboxylic acids is 2. The number of hydrogen-bond acceptors (Lipinski definition) is 13. The lowest BCUT2D eigenvalue weighted by atomic mass is 9.89. The zero-order valence-corrected chi connectivity index (χ0v) is 29.3. The Morgan fingerprint density at radius 1 is 1.23 bits per heavy atom. The highest BCUT2D eigenvalue weighted by atomic mass is 32.2. The van der Waals surface area contributed by atoms with Crippen LogP contribution in [0.25, 0.3) is 5.65 Å². The van der Waals surface area contributed by atoms with Crippen molar-refractivity contribution in [2.75, 3.05) is 11.5 Å². The van der Waals surface area contributed by atoms with Gasteiger partial charge in [0.25, 0.3) is 6.47 Å². The van der Waals surface area contributed by atoms with Gasteiger partial charge in [-0.25, -0.2) is 19.0 Å². The van der Waals surface area contributed by atoms with Crippen LogP contribution >= 0.6 is 23.1 Å². The van der Waals surface area contributed by atoms with E-state index in [1.165, 1.54) is 35.9 Å². The third-order valence-corrected chi connectivity index (χ3v) is 10.3. The molecule has 1 aromatic carbocycles. The van der Waals surface area contributed by atoms with Gasteiger partial charge in [-0.3, -0.25) is 24.7 Å². The monoisotopic (exact) mass is 751 g/mol. The Morgan fingerprint density at radius 2 is 1.92 bits per heavy atom. The summed E-state index contributed by atoms with van der Waals surface area (Å²) in [6.45, 7) is 2.99. The van der Waals surface area contributed by atoms with Gasteiger partial charge in [-0.05, 0) is 25.0 Å². The molecule has 0 unspecified atom stereocenters. The zero-order valence-electron chi connectivity index (χ0n) is 27.7. The van der Waals surface area contributed by atoms with Gasteiger partial charge in [0.05, 0.1) is 41.8 Å². The maximum Gasteiger partial charge on any atom is 0.350 e. The van der Waals surface area contributed by atoms with Gasteiger partial charge in [0.15, 0.2) is 22.8 Å². The van der Waals surface area contributed by atoms with Crippen LogP contribution in [-0.2, 0) is 41.9 Å². The number of carbonyl (C=O) groups is 5. The predicted molar refractivity (Wildman–Crippen MR) is 185 cm³/mol. The molecule has 0 saturated carbocycles. The third-order valence-electron chi connectivity index (χ3n) is 8.22. The molecule has 1 fully saturated rings. The van der Waals surface area contributed by atoms with Gasteiger partial charge in [0, 0.05) is 23.1 Å². The standard InChI is InChI=1S/C31H31N9O7S2.CH2O2/c1-31(2,29(45)46)47-36-23(20-15-49-30(34)35-20)21(41)11-19-26(42)40-24(28(43)44)18(14-48-27(19)40)13-38-8-7-22-37(9-10-39(22)38)12-16-3-5-17(6-4-16)25(32)33;2-1-3/h3-10,15,19,27H,11-14H2,1-2H3,(H6-,32,33,34,35,43,44,45,46);1H,(H,2,3)/b36-23-;/t19-,27-;/m1./s1. The van der Waals surface area contributed by atoms with Crippen LogP contribution in [0.1, 0.15) is 37.1 Å². The Labute approximate surface area is 303 Å². The van der Waals surface area contributed by atoms with Crippen molar-refractivity contribution in [1.82, 2.24) is 19.1 Å². The smallest absolute Gasteiger partial charge is 0.350 e. The number of rotatable bonds is 13. The molecule has 4 aromatic rings. The van der Waals surface area contributed by atoms with E-state index in [2.05, 4.69) is 10.1 Å². The SMILES string of the molecule is CC(C)(O/N=C(\C(=O)C[C@@H]1C(=O)N2C(C(=O)[O-])=C(Cn3ccc4n3cc[n+]4Cc3ccc(C(=N)N)cc3)CS[C@H]12)c1csc(N)n1)C(=O)O.O=CO. The van der Waals surface area contributed by atoms with E-state index in [1.807, 2.05) is 50.6 Å². The molecule has 0 aliphatic carbocycles. The normalized spacial score (nSPS) is 17.2. The molecule has 0 radical (unpaired) electrons. The van der Waals surface area contributed by atoms with Gasteiger partial charge in [0.2, 0.25) is 11.5 Å². The number of ketones is 1. The van der Waals surface area contributed by atoms with E-state index in [0.29, 0.717) is 17.7 Å². The fourth-order valence-corrected chi connectivity index (χ4v) is 7.50. The van der Waals surface area contributed by atoms with E-state index in [1.54, 1.807) is 12.1 Å². The van der Waals surface area contributed by atoms with Gasteiger partial charge in [-0.1, -0.05) is 29.4 Å². The number of nitrogens with one attached hydrogen (secondary N) is 1. The summed E-state index contributed by atoms with van der Waals surface area (Å²) < 4.78 is 5.72. The summed E-state index contributed by atoms with van der Waals surface area (Å²) in [7, 11) is 0. The van der Waals surface area contributed by atoms with Gasteiger partial charge in [-0.15, -0.1) is 27.6 Å². The second-order valence-electron chi connectivity index (χ2n) is 12.1. The first-order valence-corrected chi connectivity index (χ1v) is 17.3. The summed E-state index contributed by atoms with van der Waals surface area (Å²) in [5, 5.41) is 41.1. The number of β-lactam (4-membered cyclic amide) rings is 1. The number of benzene rings is 1. The molecule has 0 spiro atoms. The number of imidazole rings is 1. The molecule has 2 aliphatic rings. The Balaban J connectivity index is 0.00000168. The van der Waals surface area contributed by atoms with E-state index in [-0.39, 0.29) is 53.3 Å². The summed E-state index contributed by atoms with van der Waals surface area (Å²) in [4.78, 5) is 69.6. The molecular weight excluding hydrogens is 719 g/mol. The summed E-state index contributed by atoms with van der Waals surface area (Å²) in [6, 6.07) is 9.28. The fraction of sp³-hybridized carbons (Fsp3) is 0.281. The predicted octanol–water partition coefficient (Wildman–Crippen LogP) is -0.121. The Morgan fingerprint density at radius 3 is 2.52 bits per heavy atom. The highest BCUT2D eigenvalue weighted by Crippen LogP contribution is 2.45. The molecule has 1 amide bonds. The van der Waals surface area contributed by atoms with Gasteiger partial charge < -0.3 is 36.4 Å². The van der Waals surface area contributed by atoms with Gasteiger partial charge >= 0.3 is 11.6 Å². The molecule has 6 rings (SSSR count). The molecule has 7 N–H and O–H groups in total. The minimum Gasteiger partial charge on any atom is -0.543 e. The van der Waals surface area contributed by atoms with Crippen molar-refractivity contribution >= 4 is 75.5 Å². The van der Waals surface area contributed by atoms with Crippen LogP contribution in [0, 0.1) is 11.3 Å². The average Bonchev–Trinajstić information content (AvgIpc) is 3.82. The van der Waals surface area contributed by atoms with Gasteiger partial charge in [0.1, 0.15) is 24.3 Å². The highest BCUT2D eigenvalue weighted by Gasteiger charge is 2.53. The number of fused-ring (bicyclic) bond motifs is 2. The Kier molecular flexibility index (Phi) is 10.8. The van der Waals surface area contributed by atoms with E-state index in [0.717, 1.165) is 22.5 Å². The van der Waals surface area contributed by atoms with Crippen LogP contribution < -0.4 is 21.1 Å². The molecule has 5 heterocycles. The number of hydrogen-bond donors (Lipinski definition) is 5. The quantitative estimate of drug-likeness (QED) is 0.0298. The van der Waals surface area contributed by atoms with Crippen molar-refractivity contribution < 1.29 is 48.7 Å². The Hall–Kier alpha value is -6.02. The van der Waals surface area contributed by atoms with Crippen molar-refractivity contribution in [3.8, 4) is 0 Å². The average molecular weight is 752 g/mol. The number of nitrogen functional groups attached to an aromatic ring is 2. The van der Waals surface area contributed by atoms with Crippen molar-refractivity contribution in [3.63, 3.8) is 0 Å². The number of amidine groups is 1.